The monoisotopic (exact) mass is 371 g/mol. The molecule has 0 radical (unpaired) electrons. The summed E-state index contributed by atoms with van der Waals surface area (Å²) in [6.07, 6.45) is -3.99. The van der Waals surface area contributed by atoms with E-state index in [1.165, 1.54) is 6.07 Å². The second-order valence-electron chi connectivity index (χ2n) is 5.51. The summed E-state index contributed by atoms with van der Waals surface area (Å²) in [6.45, 7) is 2.31. The zero-order chi connectivity index (χ0) is 18.4. The van der Waals surface area contributed by atoms with Crippen molar-refractivity contribution in [2.75, 3.05) is 11.9 Å². The van der Waals surface area contributed by atoms with Crippen molar-refractivity contribution in [1.29, 1.82) is 0 Å². The van der Waals surface area contributed by atoms with Gasteiger partial charge in [0.1, 0.15) is 5.75 Å². The molecule has 7 heteroatoms. The van der Waals surface area contributed by atoms with Gasteiger partial charge in [-0.1, -0.05) is 29.3 Å². The molecule has 0 bridgehead atoms. The van der Waals surface area contributed by atoms with E-state index >= 15 is 0 Å². The maximum absolute atomic E-state index is 12.8. The normalized spacial score (nSPS) is 11.2. The van der Waals surface area contributed by atoms with Crippen LogP contribution in [-0.2, 0) is 11.0 Å². The van der Waals surface area contributed by atoms with Crippen molar-refractivity contribution >= 4 is 23.2 Å². The number of ether oxygens (including phenoxy) is 1. The molecule has 0 aliphatic heterocycles. The maximum atomic E-state index is 12.8. The Balaban J connectivity index is 1.81. The first-order valence-electron chi connectivity index (χ1n) is 7.62. The van der Waals surface area contributed by atoms with E-state index in [0.717, 1.165) is 17.7 Å². The molecule has 2 rings (SSSR count). The number of anilines is 1. The predicted octanol–water partition coefficient (Wildman–Crippen LogP) is 5.46. The molecule has 0 heterocycles. The number of benzene rings is 2. The van der Waals surface area contributed by atoms with E-state index < -0.39 is 16.8 Å². The minimum Gasteiger partial charge on any atom is -0.494 e. The minimum atomic E-state index is -4.57. The summed E-state index contributed by atoms with van der Waals surface area (Å²) in [5.41, 5.74) is 0.198. The van der Waals surface area contributed by atoms with Gasteiger partial charge in [-0.25, -0.2) is 0 Å². The number of nitrogens with one attached hydrogen (secondary N) is 1. The summed E-state index contributed by atoms with van der Waals surface area (Å²) in [5.74, 6) is 0.321. The van der Waals surface area contributed by atoms with Gasteiger partial charge in [0.2, 0.25) is 5.91 Å². The van der Waals surface area contributed by atoms with Crippen LogP contribution in [0.4, 0.5) is 18.9 Å². The van der Waals surface area contributed by atoms with Gasteiger partial charge in [-0.2, -0.15) is 13.2 Å². The zero-order valence-corrected chi connectivity index (χ0v) is 14.2. The van der Waals surface area contributed by atoms with Crippen LogP contribution < -0.4 is 10.1 Å². The van der Waals surface area contributed by atoms with Crippen molar-refractivity contribution in [3.05, 3.63) is 58.6 Å². The molecule has 0 spiro atoms. The Morgan fingerprint density at radius 1 is 1.16 bits per heavy atom. The lowest BCUT2D eigenvalue weighted by molar-refractivity contribution is -0.137. The van der Waals surface area contributed by atoms with E-state index in [4.69, 9.17) is 16.3 Å². The topological polar surface area (TPSA) is 38.3 Å². The van der Waals surface area contributed by atoms with Crippen LogP contribution >= 0.6 is 11.6 Å². The lowest BCUT2D eigenvalue weighted by Crippen LogP contribution is -2.14. The highest BCUT2D eigenvalue weighted by molar-refractivity contribution is 6.31. The Labute approximate surface area is 148 Å². The average molecular weight is 372 g/mol. The summed E-state index contributed by atoms with van der Waals surface area (Å²) in [5, 5.41) is 2.03. The standard InChI is InChI=1S/C18H17ClF3NO2/c1-12-4-7-14(8-5-12)25-10-2-3-17(24)23-13-6-9-16(19)15(11-13)18(20,21)22/h4-9,11H,2-3,10H2,1H3,(H,23,24). The van der Waals surface area contributed by atoms with Crippen molar-refractivity contribution in [2.24, 2.45) is 0 Å². The van der Waals surface area contributed by atoms with Crippen molar-refractivity contribution < 1.29 is 22.7 Å². The summed E-state index contributed by atoms with van der Waals surface area (Å²) in [4.78, 5) is 11.8. The van der Waals surface area contributed by atoms with Crippen LogP contribution in [-0.4, -0.2) is 12.5 Å². The molecule has 0 aliphatic rings. The fourth-order valence-corrected chi connectivity index (χ4v) is 2.33. The number of carbonyl (C=O) groups excluding carboxylic acids is 1. The SMILES string of the molecule is Cc1ccc(OCCCC(=O)Nc2ccc(Cl)c(C(F)(F)F)c2)cc1. The van der Waals surface area contributed by atoms with E-state index in [-0.39, 0.29) is 18.0 Å². The predicted molar refractivity (Wildman–Crippen MR) is 91.0 cm³/mol. The van der Waals surface area contributed by atoms with Crippen molar-refractivity contribution in [3.8, 4) is 5.75 Å². The summed E-state index contributed by atoms with van der Waals surface area (Å²) >= 11 is 5.54. The third kappa shape index (κ3) is 5.98. The number of rotatable bonds is 6. The maximum Gasteiger partial charge on any atom is 0.417 e. The number of hydrogen-bond acceptors (Lipinski definition) is 2. The highest BCUT2D eigenvalue weighted by Crippen LogP contribution is 2.36. The van der Waals surface area contributed by atoms with Gasteiger partial charge in [0.15, 0.2) is 0 Å². The number of carbonyl (C=O) groups is 1. The van der Waals surface area contributed by atoms with Gasteiger partial charge in [-0.3, -0.25) is 4.79 Å². The summed E-state index contributed by atoms with van der Waals surface area (Å²) in [6, 6.07) is 10.8. The Kier molecular flexibility index (Phi) is 6.31. The van der Waals surface area contributed by atoms with Crippen LogP contribution in [0, 0.1) is 6.92 Å². The van der Waals surface area contributed by atoms with E-state index in [2.05, 4.69) is 5.32 Å². The molecule has 2 aromatic rings. The van der Waals surface area contributed by atoms with E-state index in [1.54, 1.807) is 0 Å². The fourth-order valence-electron chi connectivity index (χ4n) is 2.10. The molecular formula is C18H17ClF3NO2. The van der Waals surface area contributed by atoms with Crippen molar-refractivity contribution in [3.63, 3.8) is 0 Å². The number of amides is 1. The van der Waals surface area contributed by atoms with Crippen LogP contribution in [0.25, 0.3) is 0 Å². The van der Waals surface area contributed by atoms with Gasteiger partial charge >= 0.3 is 6.18 Å². The van der Waals surface area contributed by atoms with E-state index in [9.17, 15) is 18.0 Å². The van der Waals surface area contributed by atoms with Crippen molar-refractivity contribution in [2.45, 2.75) is 25.9 Å². The average Bonchev–Trinajstić information content (AvgIpc) is 2.54. The Bertz CT molecular complexity index is 730. The van der Waals surface area contributed by atoms with Gasteiger partial charge in [-0.15, -0.1) is 0 Å². The molecule has 2 aromatic carbocycles. The molecule has 0 aliphatic carbocycles. The van der Waals surface area contributed by atoms with Crippen LogP contribution in [0.2, 0.25) is 5.02 Å². The minimum absolute atomic E-state index is 0.0566. The zero-order valence-electron chi connectivity index (χ0n) is 13.5. The highest BCUT2D eigenvalue weighted by Gasteiger charge is 2.33. The second kappa shape index (κ2) is 8.25. The Hall–Kier alpha value is -2.21. The largest absolute Gasteiger partial charge is 0.494 e. The van der Waals surface area contributed by atoms with Crippen LogP contribution in [0.15, 0.2) is 42.5 Å². The van der Waals surface area contributed by atoms with Gasteiger partial charge < -0.3 is 10.1 Å². The molecule has 25 heavy (non-hydrogen) atoms. The lowest BCUT2D eigenvalue weighted by atomic mass is 10.2. The van der Waals surface area contributed by atoms with E-state index in [1.807, 2.05) is 31.2 Å². The quantitative estimate of drug-likeness (QED) is 0.684. The molecule has 0 saturated heterocycles. The molecule has 1 amide bonds. The third-order valence-corrected chi connectivity index (χ3v) is 3.72. The fraction of sp³-hybridized carbons (Fsp3) is 0.278. The molecule has 0 aromatic heterocycles. The Morgan fingerprint density at radius 2 is 1.84 bits per heavy atom. The molecule has 0 atom stereocenters. The number of aryl methyl sites for hydroxylation is 1. The first-order valence-corrected chi connectivity index (χ1v) is 7.99. The van der Waals surface area contributed by atoms with Crippen LogP contribution in [0.5, 0.6) is 5.75 Å². The van der Waals surface area contributed by atoms with Gasteiger partial charge in [-0.05, 0) is 43.7 Å². The summed E-state index contributed by atoms with van der Waals surface area (Å²) < 4.78 is 43.9. The molecule has 134 valence electrons. The molecule has 0 unspecified atom stereocenters. The molecule has 1 N–H and O–H groups in total. The number of hydrogen-bond donors (Lipinski definition) is 1. The second-order valence-corrected chi connectivity index (χ2v) is 5.91. The number of halogens is 4. The molecule has 3 nitrogen and oxygen atoms in total. The van der Waals surface area contributed by atoms with Gasteiger partial charge in [0, 0.05) is 12.1 Å². The molecular weight excluding hydrogens is 355 g/mol. The first kappa shape index (κ1) is 19.1. The smallest absolute Gasteiger partial charge is 0.417 e. The van der Waals surface area contributed by atoms with E-state index in [0.29, 0.717) is 18.8 Å². The van der Waals surface area contributed by atoms with Gasteiger partial charge in [0.05, 0.1) is 17.2 Å². The first-order chi connectivity index (χ1) is 11.8. The Morgan fingerprint density at radius 3 is 2.48 bits per heavy atom. The summed E-state index contributed by atoms with van der Waals surface area (Å²) in [7, 11) is 0. The van der Waals surface area contributed by atoms with Crippen molar-refractivity contribution in [1.82, 2.24) is 0 Å². The third-order valence-electron chi connectivity index (χ3n) is 3.39. The molecule has 0 saturated carbocycles. The van der Waals surface area contributed by atoms with Gasteiger partial charge in [0.25, 0.3) is 0 Å². The van der Waals surface area contributed by atoms with Crippen LogP contribution in [0.1, 0.15) is 24.0 Å². The van der Waals surface area contributed by atoms with Crippen LogP contribution in [0.3, 0.4) is 0 Å². The molecule has 0 fully saturated rings. The lowest BCUT2D eigenvalue weighted by Gasteiger charge is -2.12. The number of alkyl halides is 3. The highest BCUT2D eigenvalue weighted by atomic mass is 35.5.